The Morgan fingerprint density at radius 1 is 0.920 bits per heavy atom. The minimum absolute atomic E-state index is 0.149. The van der Waals surface area contributed by atoms with Gasteiger partial charge >= 0.3 is 6.03 Å². The molecule has 1 fully saturated rings. The zero-order chi connectivity index (χ0) is 17.3. The molecule has 1 aliphatic rings. The van der Waals surface area contributed by atoms with Crippen LogP contribution in [0.25, 0.3) is 0 Å². The van der Waals surface area contributed by atoms with Crippen molar-refractivity contribution in [2.24, 2.45) is 0 Å². The third-order valence-corrected chi connectivity index (χ3v) is 4.60. The van der Waals surface area contributed by atoms with Crippen molar-refractivity contribution in [3.63, 3.8) is 0 Å². The summed E-state index contributed by atoms with van der Waals surface area (Å²) in [6, 6.07) is 12.0. The number of nitrogens with one attached hydrogen (secondary N) is 2. The normalized spacial score (nSPS) is 14.9. The molecule has 1 aromatic carbocycles. The zero-order valence-electron chi connectivity index (χ0n) is 14.6. The molecule has 2 amide bonds. The summed E-state index contributed by atoms with van der Waals surface area (Å²) < 4.78 is 0. The van der Waals surface area contributed by atoms with Crippen LogP contribution in [0.3, 0.4) is 0 Å². The molecule has 1 aromatic heterocycles. The second kappa shape index (κ2) is 9.18. The highest BCUT2D eigenvalue weighted by Gasteiger charge is 2.12. The van der Waals surface area contributed by atoms with Crippen LogP contribution in [0, 0.1) is 0 Å². The Bertz CT molecular complexity index is 668. The van der Waals surface area contributed by atoms with Crippen molar-refractivity contribution in [2.45, 2.75) is 38.9 Å². The Morgan fingerprint density at radius 3 is 2.36 bits per heavy atom. The van der Waals surface area contributed by atoms with E-state index in [9.17, 15) is 4.79 Å². The van der Waals surface area contributed by atoms with E-state index in [2.05, 4.69) is 38.7 Å². The van der Waals surface area contributed by atoms with E-state index in [4.69, 9.17) is 0 Å². The van der Waals surface area contributed by atoms with Gasteiger partial charge in [-0.1, -0.05) is 30.7 Å². The zero-order valence-corrected chi connectivity index (χ0v) is 14.6. The maximum Gasteiger partial charge on any atom is 0.315 e. The Balaban J connectivity index is 1.49. The lowest BCUT2D eigenvalue weighted by Gasteiger charge is -2.27. The first-order valence-corrected chi connectivity index (χ1v) is 9.01. The molecule has 5 heteroatoms. The molecule has 25 heavy (non-hydrogen) atoms. The number of rotatable bonds is 6. The van der Waals surface area contributed by atoms with Crippen LogP contribution in [0.1, 0.15) is 36.0 Å². The van der Waals surface area contributed by atoms with E-state index in [0.717, 1.165) is 12.1 Å². The molecule has 0 spiro atoms. The van der Waals surface area contributed by atoms with Gasteiger partial charge in [0.05, 0.1) is 0 Å². The van der Waals surface area contributed by atoms with E-state index < -0.39 is 0 Å². The summed E-state index contributed by atoms with van der Waals surface area (Å²) in [6.07, 6.45) is 7.38. The van der Waals surface area contributed by atoms with Gasteiger partial charge in [-0.05, 0) is 54.8 Å². The van der Waals surface area contributed by atoms with E-state index in [1.807, 2.05) is 18.2 Å². The van der Waals surface area contributed by atoms with Gasteiger partial charge in [0.1, 0.15) is 0 Å². The number of urea groups is 1. The van der Waals surface area contributed by atoms with Crippen LogP contribution in [-0.4, -0.2) is 29.0 Å². The largest absolute Gasteiger partial charge is 0.334 e. The van der Waals surface area contributed by atoms with Crippen LogP contribution >= 0.6 is 0 Å². The third kappa shape index (κ3) is 5.57. The summed E-state index contributed by atoms with van der Waals surface area (Å²) in [5.41, 5.74) is 3.53. The molecule has 0 bridgehead atoms. The molecule has 1 aliphatic heterocycles. The van der Waals surface area contributed by atoms with Gasteiger partial charge in [-0.2, -0.15) is 0 Å². The molecule has 2 N–H and O–H groups in total. The van der Waals surface area contributed by atoms with Gasteiger partial charge in [-0.25, -0.2) is 4.79 Å². The molecule has 5 nitrogen and oxygen atoms in total. The average molecular weight is 338 g/mol. The number of benzene rings is 1. The first-order chi connectivity index (χ1) is 12.3. The van der Waals surface area contributed by atoms with E-state index >= 15 is 0 Å². The summed E-state index contributed by atoms with van der Waals surface area (Å²) in [7, 11) is 0. The van der Waals surface area contributed by atoms with Crippen LogP contribution in [-0.2, 0) is 19.6 Å². The van der Waals surface area contributed by atoms with Gasteiger partial charge in [-0.3, -0.25) is 9.88 Å². The molecule has 0 unspecified atom stereocenters. The predicted molar refractivity (Wildman–Crippen MR) is 98.9 cm³/mol. The van der Waals surface area contributed by atoms with Gasteiger partial charge in [0.2, 0.25) is 0 Å². The highest BCUT2D eigenvalue weighted by molar-refractivity contribution is 5.73. The van der Waals surface area contributed by atoms with Crippen molar-refractivity contribution in [3.8, 4) is 0 Å². The van der Waals surface area contributed by atoms with Gasteiger partial charge in [0, 0.05) is 32.0 Å². The van der Waals surface area contributed by atoms with Crippen molar-refractivity contribution in [1.29, 1.82) is 0 Å². The first-order valence-electron chi connectivity index (χ1n) is 9.01. The Hall–Kier alpha value is -2.40. The van der Waals surface area contributed by atoms with Gasteiger partial charge < -0.3 is 10.6 Å². The summed E-state index contributed by atoms with van der Waals surface area (Å²) in [6.45, 7) is 4.37. The second-order valence-electron chi connectivity index (χ2n) is 6.50. The summed E-state index contributed by atoms with van der Waals surface area (Å²) in [5, 5.41) is 5.84. The first kappa shape index (κ1) is 17.4. The van der Waals surface area contributed by atoms with Gasteiger partial charge in [0.15, 0.2) is 0 Å². The van der Waals surface area contributed by atoms with Crippen molar-refractivity contribution in [1.82, 2.24) is 20.5 Å². The maximum absolute atomic E-state index is 12.0. The molecular weight excluding hydrogens is 312 g/mol. The molecule has 0 saturated carbocycles. The number of likely N-dealkylation sites (tertiary alicyclic amines) is 1. The lowest BCUT2D eigenvalue weighted by molar-refractivity contribution is 0.220. The van der Waals surface area contributed by atoms with Crippen LogP contribution in [0.2, 0.25) is 0 Å². The molecule has 3 rings (SSSR count). The molecule has 1 saturated heterocycles. The quantitative estimate of drug-likeness (QED) is 0.851. The molecule has 0 radical (unpaired) electrons. The van der Waals surface area contributed by atoms with Crippen LogP contribution in [0.5, 0.6) is 0 Å². The smallest absolute Gasteiger partial charge is 0.315 e. The molecular formula is C20H26N4O. The fourth-order valence-corrected chi connectivity index (χ4v) is 3.16. The van der Waals surface area contributed by atoms with Crippen molar-refractivity contribution >= 4 is 6.03 Å². The number of hydrogen-bond donors (Lipinski definition) is 2. The lowest BCUT2D eigenvalue weighted by Crippen LogP contribution is -2.35. The fraction of sp³-hybridized carbons (Fsp3) is 0.400. The van der Waals surface area contributed by atoms with Gasteiger partial charge in [-0.15, -0.1) is 0 Å². The standard InChI is InChI=1S/C20H26N4O/c25-20(22-14-17-8-10-21-11-9-17)23-15-18-6-2-3-7-19(18)16-24-12-4-1-5-13-24/h2-3,6-11H,1,4-5,12-16H2,(H2,22,23,25). The van der Waals surface area contributed by atoms with Gasteiger partial charge in [0.25, 0.3) is 0 Å². The summed E-state index contributed by atoms with van der Waals surface area (Å²) >= 11 is 0. The molecule has 2 aromatic rings. The van der Waals surface area contributed by atoms with Crippen LogP contribution in [0.15, 0.2) is 48.8 Å². The molecule has 2 heterocycles. The van der Waals surface area contributed by atoms with Crippen LogP contribution in [0.4, 0.5) is 4.79 Å². The van der Waals surface area contributed by atoms with E-state index in [0.29, 0.717) is 13.1 Å². The molecule has 132 valence electrons. The minimum Gasteiger partial charge on any atom is -0.334 e. The Labute approximate surface area is 149 Å². The topological polar surface area (TPSA) is 57.3 Å². The minimum atomic E-state index is -0.149. The van der Waals surface area contributed by atoms with Crippen molar-refractivity contribution in [3.05, 3.63) is 65.5 Å². The van der Waals surface area contributed by atoms with E-state index in [1.54, 1.807) is 12.4 Å². The Kier molecular flexibility index (Phi) is 6.40. The van der Waals surface area contributed by atoms with E-state index in [-0.39, 0.29) is 6.03 Å². The number of amides is 2. The molecule has 0 atom stereocenters. The SMILES string of the molecule is O=C(NCc1ccncc1)NCc1ccccc1CN1CCCCC1. The number of nitrogens with zero attached hydrogens (tertiary/aromatic N) is 2. The fourth-order valence-electron chi connectivity index (χ4n) is 3.16. The highest BCUT2D eigenvalue weighted by Crippen LogP contribution is 2.16. The second-order valence-corrected chi connectivity index (χ2v) is 6.50. The highest BCUT2D eigenvalue weighted by atomic mass is 16.2. The predicted octanol–water partition coefficient (Wildman–Crippen LogP) is 3.07. The monoisotopic (exact) mass is 338 g/mol. The summed E-state index contributed by atoms with van der Waals surface area (Å²) in [4.78, 5) is 18.5. The van der Waals surface area contributed by atoms with Crippen molar-refractivity contribution in [2.75, 3.05) is 13.1 Å². The van der Waals surface area contributed by atoms with Crippen molar-refractivity contribution < 1.29 is 4.79 Å². The number of pyridine rings is 1. The number of piperidine rings is 1. The lowest BCUT2D eigenvalue weighted by atomic mass is 10.0. The van der Waals surface area contributed by atoms with E-state index in [1.165, 1.54) is 43.5 Å². The number of hydrogen-bond acceptors (Lipinski definition) is 3. The number of carbonyl (C=O) groups is 1. The third-order valence-electron chi connectivity index (χ3n) is 4.60. The number of carbonyl (C=O) groups excluding carboxylic acids is 1. The van der Waals surface area contributed by atoms with Crippen LogP contribution < -0.4 is 10.6 Å². The number of aromatic nitrogens is 1. The Morgan fingerprint density at radius 2 is 1.60 bits per heavy atom. The maximum atomic E-state index is 12.0. The average Bonchev–Trinajstić information content (AvgIpc) is 2.67. The summed E-state index contributed by atoms with van der Waals surface area (Å²) in [5.74, 6) is 0. The molecule has 0 aliphatic carbocycles.